The smallest absolute Gasteiger partial charge is 0.255 e. The van der Waals surface area contributed by atoms with E-state index in [0.29, 0.717) is 17.2 Å². The van der Waals surface area contributed by atoms with Crippen LogP contribution in [0.5, 0.6) is 11.5 Å². The first kappa shape index (κ1) is 14.8. The molecule has 2 rings (SSSR count). The van der Waals surface area contributed by atoms with Crippen LogP contribution in [-0.4, -0.2) is 20.1 Å². The van der Waals surface area contributed by atoms with Crippen molar-refractivity contribution in [1.82, 2.24) is 0 Å². The number of rotatable bonds is 4. The zero-order chi connectivity index (χ0) is 15.4. The van der Waals surface area contributed by atoms with Gasteiger partial charge in [0, 0.05) is 11.6 Å². The van der Waals surface area contributed by atoms with Gasteiger partial charge in [0.2, 0.25) is 0 Å². The van der Waals surface area contributed by atoms with Crippen LogP contribution in [0.25, 0.3) is 0 Å². The summed E-state index contributed by atoms with van der Waals surface area (Å²) in [7, 11) is 2.95. The van der Waals surface area contributed by atoms with Gasteiger partial charge >= 0.3 is 0 Å². The summed E-state index contributed by atoms with van der Waals surface area (Å²) in [5, 5.41) is 2.57. The third-order valence-electron chi connectivity index (χ3n) is 2.84. The highest BCUT2D eigenvalue weighted by Crippen LogP contribution is 2.29. The van der Waals surface area contributed by atoms with Gasteiger partial charge in [0.15, 0.2) is 11.6 Å². The summed E-state index contributed by atoms with van der Waals surface area (Å²) in [5.41, 5.74) is 0.403. The topological polar surface area (TPSA) is 47.6 Å². The van der Waals surface area contributed by atoms with Crippen LogP contribution in [0.1, 0.15) is 10.4 Å². The minimum absolute atomic E-state index is 0.00627. The largest absolute Gasteiger partial charge is 0.497 e. The summed E-state index contributed by atoms with van der Waals surface area (Å²) in [4.78, 5) is 12.0. The molecule has 0 bridgehead atoms. The van der Waals surface area contributed by atoms with E-state index in [1.165, 1.54) is 20.3 Å². The number of methoxy groups -OCH3 is 2. The van der Waals surface area contributed by atoms with Gasteiger partial charge in [0.1, 0.15) is 11.5 Å². The minimum atomic E-state index is -1.08. The molecule has 0 aliphatic heterocycles. The number of hydrogen-bond donors (Lipinski definition) is 1. The highest BCUT2D eigenvalue weighted by Gasteiger charge is 2.13. The van der Waals surface area contributed by atoms with Gasteiger partial charge in [0.05, 0.1) is 19.9 Å². The number of amides is 1. The second-order valence-electron chi connectivity index (χ2n) is 4.15. The molecular formula is C15H13F2NO3. The Morgan fingerprint density at radius 1 is 1.00 bits per heavy atom. The Labute approximate surface area is 120 Å². The van der Waals surface area contributed by atoms with Crippen LogP contribution in [-0.2, 0) is 0 Å². The zero-order valence-electron chi connectivity index (χ0n) is 11.4. The van der Waals surface area contributed by atoms with E-state index in [1.807, 2.05) is 0 Å². The molecule has 4 nitrogen and oxygen atoms in total. The van der Waals surface area contributed by atoms with Gasteiger partial charge in [-0.3, -0.25) is 4.79 Å². The maximum absolute atomic E-state index is 13.1. The molecule has 0 unspecified atom stereocenters. The van der Waals surface area contributed by atoms with Crippen molar-refractivity contribution in [1.29, 1.82) is 0 Å². The molecule has 0 aliphatic carbocycles. The molecule has 0 aromatic heterocycles. The number of ether oxygens (including phenoxy) is 2. The molecule has 0 saturated heterocycles. The quantitative estimate of drug-likeness (QED) is 0.941. The van der Waals surface area contributed by atoms with Crippen molar-refractivity contribution in [3.63, 3.8) is 0 Å². The van der Waals surface area contributed by atoms with Crippen LogP contribution < -0.4 is 14.8 Å². The van der Waals surface area contributed by atoms with E-state index in [9.17, 15) is 13.6 Å². The normalized spacial score (nSPS) is 10.1. The molecule has 1 amide bonds. The Balaban J connectivity index is 2.24. The number of hydrogen-bond acceptors (Lipinski definition) is 3. The van der Waals surface area contributed by atoms with Crippen LogP contribution >= 0.6 is 0 Å². The fraction of sp³-hybridized carbons (Fsp3) is 0.133. The molecule has 110 valence electrons. The van der Waals surface area contributed by atoms with E-state index in [-0.39, 0.29) is 5.56 Å². The van der Waals surface area contributed by atoms with Crippen molar-refractivity contribution >= 4 is 11.6 Å². The Hall–Kier alpha value is -2.63. The van der Waals surface area contributed by atoms with Crippen molar-refractivity contribution < 1.29 is 23.0 Å². The van der Waals surface area contributed by atoms with Gasteiger partial charge in [-0.1, -0.05) is 0 Å². The number of benzene rings is 2. The minimum Gasteiger partial charge on any atom is -0.497 e. The third-order valence-corrected chi connectivity index (χ3v) is 2.84. The van der Waals surface area contributed by atoms with Crippen LogP contribution in [0.2, 0.25) is 0 Å². The summed E-state index contributed by atoms with van der Waals surface area (Å²) in [6, 6.07) is 7.76. The number of halogens is 2. The van der Waals surface area contributed by atoms with E-state index in [4.69, 9.17) is 9.47 Å². The molecule has 6 heteroatoms. The lowest BCUT2D eigenvalue weighted by Gasteiger charge is -2.11. The van der Waals surface area contributed by atoms with Crippen molar-refractivity contribution in [2.45, 2.75) is 0 Å². The molecule has 0 saturated carbocycles. The average molecular weight is 293 g/mol. The van der Waals surface area contributed by atoms with Crippen LogP contribution in [0.3, 0.4) is 0 Å². The lowest BCUT2D eigenvalue weighted by molar-refractivity contribution is 0.102. The molecule has 0 fully saturated rings. The molecule has 21 heavy (non-hydrogen) atoms. The summed E-state index contributed by atoms with van der Waals surface area (Å²) in [5.74, 6) is -1.70. The number of anilines is 1. The summed E-state index contributed by atoms with van der Waals surface area (Å²) >= 11 is 0. The second-order valence-corrected chi connectivity index (χ2v) is 4.15. The Morgan fingerprint density at radius 2 is 1.76 bits per heavy atom. The Morgan fingerprint density at radius 3 is 2.38 bits per heavy atom. The molecular weight excluding hydrogens is 280 g/mol. The first-order valence-corrected chi connectivity index (χ1v) is 6.03. The predicted molar refractivity (Wildman–Crippen MR) is 73.9 cm³/mol. The zero-order valence-corrected chi connectivity index (χ0v) is 11.4. The molecule has 2 aromatic rings. The van der Waals surface area contributed by atoms with Crippen LogP contribution in [0, 0.1) is 11.6 Å². The molecule has 0 radical (unpaired) electrons. The van der Waals surface area contributed by atoms with Gasteiger partial charge in [0.25, 0.3) is 5.91 Å². The van der Waals surface area contributed by atoms with Crippen molar-refractivity contribution in [2.24, 2.45) is 0 Å². The fourth-order valence-corrected chi connectivity index (χ4v) is 1.73. The van der Waals surface area contributed by atoms with E-state index >= 15 is 0 Å². The lowest BCUT2D eigenvalue weighted by atomic mass is 10.2. The SMILES string of the molecule is COc1ccc(NC(=O)c2ccc(F)c(F)c2)c(OC)c1. The molecule has 0 spiro atoms. The van der Waals surface area contributed by atoms with Gasteiger partial charge in [-0.05, 0) is 30.3 Å². The van der Waals surface area contributed by atoms with E-state index in [0.717, 1.165) is 12.1 Å². The Bertz CT molecular complexity index is 674. The molecule has 1 N–H and O–H groups in total. The van der Waals surface area contributed by atoms with Crippen molar-refractivity contribution in [3.8, 4) is 11.5 Å². The van der Waals surface area contributed by atoms with Gasteiger partial charge in [-0.2, -0.15) is 0 Å². The lowest BCUT2D eigenvalue weighted by Crippen LogP contribution is -2.13. The predicted octanol–water partition coefficient (Wildman–Crippen LogP) is 3.23. The average Bonchev–Trinajstić information content (AvgIpc) is 2.50. The second kappa shape index (κ2) is 6.21. The van der Waals surface area contributed by atoms with Crippen molar-refractivity contribution in [3.05, 3.63) is 53.6 Å². The maximum atomic E-state index is 13.1. The highest BCUT2D eigenvalue weighted by molar-refractivity contribution is 6.05. The number of carbonyl (C=O) groups excluding carboxylic acids is 1. The number of carbonyl (C=O) groups is 1. The maximum Gasteiger partial charge on any atom is 0.255 e. The monoisotopic (exact) mass is 293 g/mol. The molecule has 0 aliphatic rings. The van der Waals surface area contributed by atoms with Crippen molar-refractivity contribution in [2.75, 3.05) is 19.5 Å². The standard InChI is InChI=1S/C15H13F2NO3/c1-20-10-4-6-13(14(8-10)21-2)18-15(19)9-3-5-11(16)12(17)7-9/h3-8H,1-2H3,(H,18,19). The molecule has 0 atom stereocenters. The van der Waals surface area contributed by atoms with Crippen LogP contribution in [0.15, 0.2) is 36.4 Å². The summed E-state index contributed by atoms with van der Waals surface area (Å²) in [6.07, 6.45) is 0. The first-order chi connectivity index (χ1) is 10.0. The summed E-state index contributed by atoms with van der Waals surface area (Å²) < 4.78 is 36.2. The Kier molecular flexibility index (Phi) is 4.37. The fourth-order valence-electron chi connectivity index (χ4n) is 1.73. The van der Waals surface area contributed by atoms with E-state index in [2.05, 4.69) is 5.32 Å². The molecule has 2 aromatic carbocycles. The van der Waals surface area contributed by atoms with Crippen LogP contribution in [0.4, 0.5) is 14.5 Å². The third kappa shape index (κ3) is 3.28. The highest BCUT2D eigenvalue weighted by atomic mass is 19.2. The van der Waals surface area contributed by atoms with Gasteiger partial charge in [-0.25, -0.2) is 8.78 Å². The number of nitrogens with one attached hydrogen (secondary N) is 1. The first-order valence-electron chi connectivity index (χ1n) is 6.03. The summed E-state index contributed by atoms with van der Waals surface area (Å²) in [6.45, 7) is 0. The van der Waals surface area contributed by atoms with Gasteiger partial charge < -0.3 is 14.8 Å². The van der Waals surface area contributed by atoms with Gasteiger partial charge in [-0.15, -0.1) is 0 Å². The molecule has 0 heterocycles. The van der Waals surface area contributed by atoms with E-state index < -0.39 is 17.5 Å². The van der Waals surface area contributed by atoms with E-state index in [1.54, 1.807) is 18.2 Å².